The molecule has 0 unspecified atom stereocenters. The van der Waals surface area contributed by atoms with E-state index in [2.05, 4.69) is 25.9 Å². The third-order valence-corrected chi connectivity index (χ3v) is 2.57. The number of halogens is 1. The van der Waals surface area contributed by atoms with E-state index in [9.17, 15) is 4.39 Å². The third-order valence-electron chi connectivity index (χ3n) is 2.57. The highest BCUT2D eigenvalue weighted by Gasteiger charge is 2.07. The second kappa shape index (κ2) is 5.27. The largest absolute Gasteiger partial charge is 0.360 e. The van der Waals surface area contributed by atoms with Crippen LogP contribution in [0.15, 0.2) is 18.3 Å². The topological polar surface area (TPSA) is 90.3 Å². The van der Waals surface area contributed by atoms with Crippen LogP contribution in [0.25, 0.3) is 5.57 Å². The van der Waals surface area contributed by atoms with Crippen molar-refractivity contribution in [2.75, 3.05) is 5.32 Å². The lowest BCUT2D eigenvalue weighted by molar-refractivity contribution is 0.625. The van der Waals surface area contributed by atoms with Crippen LogP contribution in [-0.4, -0.2) is 20.6 Å². The molecule has 2 rings (SSSR count). The Morgan fingerprint density at radius 3 is 2.63 bits per heavy atom. The van der Waals surface area contributed by atoms with E-state index >= 15 is 0 Å². The van der Waals surface area contributed by atoms with Crippen LogP contribution in [0, 0.1) is 31.0 Å². The van der Waals surface area contributed by atoms with E-state index in [1.165, 1.54) is 18.3 Å². The van der Waals surface area contributed by atoms with Gasteiger partial charge in [0.05, 0.1) is 0 Å². The number of anilines is 1. The van der Waals surface area contributed by atoms with Crippen molar-refractivity contribution in [1.29, 1.82) is 5.26 Å². The molecule has 2 N–H and O–H groups in total. The smallest absolute Gasteiger partial charge is 0.216 e. The monoisotopic (exact) mass is 258 g/mol. The summed E-state index contributed by atoms with van der Waals surface area (Å²) in [5.74, 6) is -0.0874. The molecular weight excluding hydrogens is 247 g/mol. The number of aromatic nitrogens is 4. The first-order valence-corrected chi connectivity index (χ1v) is 5.49. The predicted octanol–water partition coefficient (Wildman–Crippen LogP) is 1.93. The van der Waals surface area contributed by atoms with Crippen LogP contribution in [0.2, 0.25) is 0 Å². The van der Waals surface area contributed by atoms with Crippen molar-refractivity contribution in [1.82, 2.24) is 20.6 Å². The average molecular weight is 258 g/mol. The zero-order chi connectivity index (χ0) is 13.8. The Morgan fingerprint density at radius 1 is 1.42 bits per heavy atom. The van der Waals surface area contributed by atoms with Gasteiger partial charge in [-0.2, -0.15) is 10.5 Å². The van der Waals surface area contributed by atoms with Crippen LogP contribution < -0.4 is 5.32 Å². The number of nitriles is 1. The SMILES string of the molecule is Cc1cc(F)cc(C)c1NC=C(C#N)c1nn[nH]n1. The summed E-state index contributed by atoms with van der Waals surface area (Å²) in [6.07, 6.45) is 1.47. The number of nitrogens with zero attached hydrogens (tertiary/aromatic N) is 4. The van der Waals surface area contributed by atoms with Crippen LogP contribution in [0.5, 0.6) is 0 Å². The summed E-state index contributed by atoms with van der Waals surface area (Å²) < 4.78 is 13.2. The van der Waals surface area contributed by atoms with Gasteiger partial charge in [0.15, 0.2) is 0 Å². The summed E-state index contributed by atoms with van der Waals surface area (Å²) in [4.78, 5) is 0. The first kappa shape index (κ1) is 12.7. The Morgan fingerprint density at radius 2 is 2.11 bits per heavy atom. The molecule has 19 heavy (non-hydrogen) atoms. The van der Waals surface area contributed by atoms with Gasteiger partial charge in [-0.3, -0.25) is 0 Å². The molecule has 0 aliphatic carbocycles. The van der Waals surface area contributed by atoms with Crippen LogP contribution in [0.3, 0.4) is 0 Å². The number of aryl methyl sites for hydroxylation is 2. The molecule has 0 aliphatic rings. The van der Waals surface area contributed by atoms with E-state index in [1.54, 1.807) is 13.8 Å². The number of benzene rings is 1. The molecule has 0 amide bonds. The molecule has 0 saturated carbocycles. The molecule has 6 nitrogen and oxygen atoms in total. The zero-order valence-electron chi connectivity index (χ0n) is 10.4. The molecule has 7 heteroatoms. The highest BCUT2D eigenvalue weighted by Crippen LogP contribution is 2.22. The van der Waals surface area contributed by atoms with Gasteiger partial charge < -0.3 is 5.32 Å². The molecule has 1 aromatic carbocycles. The maximum atomic E-state index is 13.2. The Kier molecular flexibility index (Phi) is 3.52. The van der Waals surface area contributed by atoms with Gasteiger partial charge in [0.1, 0.15) is 17.5 Å². The first-order valence-electron chi connectivity index (χ1n) is 5.49. The standard InChI is InChI=1S/C12H11FN6/c1-7-3-10(13)4-8(2)11(7)15-6-9(5-14)12-16-18-19-17-12/h3-4,6,15H,1-2H3,(H,16,17,18,19). The van der Waals surface area contributed by atoms with Gasteiger partial charge in [0, 0.05) is 11.9 Å². The Bertz CT molecular complexity index is 630. The fourth-order valence-electron chi connectivity index (χ4n) is 1.71. The number of hydrogen-bond donors (Lipinski definition) is 2. The molecule has 1 aromatic heterocycles. The number of hydrogen-bond acceptors (Lipinski definition) is 5. The van der Waals surface area contributed by atoms with E-state index in [0.717, 1.165) is 16.8 Å². The van der Waals surface area contributed by atoms with E-state index in [-0.39, 0.29) is 17.2 Å². The summed E-state index contributed by atoms with van der Waals surface area (Å²) in [6.45, 7) is 3.57. The van der Waals surface area contributed by atoms with E-state index in [4.69, 9.17) is 5.26 Å². The molecule has 0 spiro atoms. The summed E-state index contributed by atoms with van der Waals surface area (Å²) in [5, 5.41) is 25.1. The first-order chi connectivity index (χ1) is 9.11. The quantitative estimate of drug-likeness (QED) is 0.821. The highest BCUT2D eigenvalue weighted by molar-refractivity contribution is 5.74. The Balaban J connectivity index is 2.30. The van der Waals surface area contributed by atoms with Gasteiger partial charge in [-0.1, -0.05) is 0 Å². The number of H-pyrrole nitrogens is 1. The Labute approximate surface area is 109 Å². The number of allylic oxidation sites excluding steroid dienone is 1. The van der Waals surface area contributed by atoms with Crippen molar-refractivity contribution in [3.05, 3.63) is 41.1 Å². The van der Waals surface area contributed by atoms with Crippen molar-refractivity contribution in [2.24, 2.45) is 0 Å². The van der Waals surface area contributed by atoms with Crippen LogP contribution in [-0.2, 0) is 0 Å². The van der Waals surface area contributed by atoms with Crippen LogP contribution >= 0.6 is 0 Å². The average Bonchev–Trinajstić information content (AvgIpc) is 2.86. The second-order valence-electron chi connectivity index (χ2n) is 3.96. The minimum absolute atomic E-state index is 0.201. The van der Waals surface area contributed by atoms with Crippen molar-refractivity contribution >= 4 is 11.3 Å². The normalized spacial score (nSPS) is 11.2. The van der Waals surface area contributed by atoms with Gasteiger partial charge in [0.2, 0.25) is 5.82 Å². The maximum Gasteiger partial charge on any atom is 0.216 e. The van der Waals surface area contributed by atoms with Gasteiger partial charge in [-0.15, -0.1) is 10.2 Å². The molecule has 96 valence electrons. The lowest BCUT2D eigenvalue weighted by Crippen LogP contribution is -1.98. The number of aromatic amines is 1. The number of tetrazole rings is 1. The minimum atomic E-state index is -0.289. The molecule has 0 atom stereocenters. The molecule has 0 saturated heterocycles. The van der Waals surface area contributed by atoms with E-state index in [1.807, 2.05) is 6.07 Å². The van der Waals surface area contributed by atoms with Gasteiger partial charge in [-0.05, 0) is 42.3 Å². The zero-order valence-corrected chi connectivity index (χ0v) is 10.4. The summed E-state index contributed by atoms with van der Waals surface area (Å²) in [7, 11) is 0. The fourth-order valence-corrected chi connectivity index (χ4v) is 1.71. The lowest BCUT2D eigenvalue weighted by atomic mass is 10.1. The molecule has 0 bridgehead atoms. The van der Waals surface area contributed by atoms with E-state index < -0.39 is 0 Å². The predicted molar refractivity (Wildman–Crippen MR) is 67.3 cm³/mol. The van der Waals surface area contributed by atoms with Crippen LogP contribution in [0.4, 0.5) is 10.1 Å². The summed E-state index contributed by atoms with van der Waals surface area (Å²) in [5.41, 5.74) is 2.48. The van der Waals surface area contributed by atoms with Gasteiger partial charge in [0.25, 0.3) is 0 Å². The number of rotatable bonds is 3. The van der Waals surface area contributed by atoms with Crippen molar-refractivity contribution in [2.45, 2.75) is 13.8 Å². The summed E-state index contributed by atoms with van der Waals surface area (Å²) >= 11 is 0. The lowest BCUT2D eigenvalue weighted by Gasteiger charge is -2.09. The molecule has 0 aliphatic heterocycles. The molecule has 1 heterocycles. The highest BCUT2D eigenvalue weighted by atomic mass is 19.1. The van der Waals surface area contributed by atoms with E-state index in [0.29, 0.717) is 0 Å². The van der Waals surface area contributed by atoms with Crippen molar-refractivity contribution in [3.63, 3.8) is 0 Å². The second-order valence-corrected chi connectivity index (χ2v) is 3.96. The van der Waals surface area contributed by atoms with Crippen LogP contribution in [0.1, 0.15) is 17.0 Å². The fraction of sp³-hybridized carbons (Fsp3) is 0.167. The minimum Gasteiger partial charge on any atom is -0.360 e. The molecule has 2 aromatic rings. The molecule has 0 radical (unpaired) electrons. The summed E-state index contributed by atoms with van der Waals surface area (Å²) in [6, 6.07) is 4.80. The van der Waals surface area contributed by atoms with Crippen molar-refractivity contribution < 1.29 is 4.39 Å². The number of nitrogens with one attached hydrogen (secondary N) is 2. The molecular formula is C12H11FN6. The third kappa shape index (κ3) is 2.74. The van der Waals surface area contributed by atoms with Gasteiger partial charge >= 0.3 is 0 Å². The Hall–Kier alpha value is -2.75. The van der Waals surface area contributed by atoms with Crippen molar-refractivity contribution in [3.8, 4) is 6.07 Å². The molecule has 0 fully saturated rings. The maximum absolute atomic E-state index is 13.2. The van der Waals surface area contributed by atoms with Gasteiger partial charge in [-0.25, -0.2) is 4.39 Å².